The Kier molecular flexibility index (Phi) is 3.47. The second-order valence-corrected chi connectivity index (χ2v) is 4.33. The SMILES string of the molecule is Cn1cncc1CNCCc1nccs1. The maximum absolute atomic E-state index is 4.23. The summed E-state index contributed by atoms with van der Waals surface area (Å²) in [6, 6.07) is 0. The Hall–Kier alpha value is -1.20. The Balaban J connectivity index is 1.70. The van der Waals surface area contributed by atoms with Crippen LogP contribution in [0.15, 0.2) is 24.1 Å². The lowest BCUT2D eigenvalue weighted by atomic mass is 10.4. The van der Waals surface area contributed by atoms with Gasteiger partial charge in [0.15, 0.2) is 0 Å². The molecular weight excluding hydrogens is 208 g/mol. The highest BCUT2D eigenvalue weighted by Crippen LogP contribution is 2.03. The van der Waals surface area contributed by atoms with Crippen molar-refractivity contribution in [1.29, 1.82) is 0 Å². The normalized spacial score (nSPS) is 10.7. The fraction of sp³-hybridized carbons (Fsp3) is 0.400. The minimum atomic E-state index is 0.863. The number of aromatic nitrogens is 3. The highest BCUT2D eigenvalue weighted by molar-refractivity contribution is 7.09. The van der Waals surface area contributed by atoms with Crippen LogP contribution >= 0.6 is 11.3 Å². The van der Waals surface area contributed by atoms with Crippen LogP contribution in [0.4, 0.5) is 0 Å². The summed E-state index contributed by atoms with van der Waals surface area (Å²) in [7, 11) is 2.00. The van der Waals surface area contributed by atoms with Crippen LogP contribution < -0.4 is 5.32 Å². The summed E-state index contributed by atoms with van der Waals surface area (Å²) in [4.78, 5) is 8.29. The first-order chi connectivity index (χ1) is 7.36. The largest absolute Gasteiger partial charge is 0.337 e. The Morgan fingerprint density at radius 3 is 3.13 bits per heavy atom. The van der Waals surface area contributed by atoms with Gasteiger partial charge >= 0.3 is 0 Å². The monoisotopic (exact) mass is 222 g/mol. The van der Waals surface area contributed by atoms with E-state index in [0.717, 1.165) is 19.5 Å². The summed E-state index contributed by atoms with van der Waals surface area (Å²) in [5.41, 5.74) is 1.20. The van der Waals surface area contributed by atoms with Crippen molar-refractivity contribution in [2.24, 2.45) is 7.05 Å². The zero-order chi connectivity index (χ0) is 10.5. The number of aryl methyl sites for hydroxylation is 1. The molecule has 0 bridgehead atoms. The Morgan fingerprint density at radius 1 is 1.53 bits per heavy atom. The third-order valence-electron chi connectivity index (χ3n) is 2.22. The quantitative estimate of drug-likeness (QED) is 0.773. The Bertz CT molecular complexity index is 393. The average molecular weight is 222 g/mol. The van der Waals surface area contributed by atoms with E-state index in [9.17, 15) is 0 Å². The fourth-order valence-corrected chi connectivity index (χ4v) is 1.96. The van der Waals surface area contributed by atoms with Crippen LogP contribution in [0.2, 0.25) is 0 Å². The summed E-state index contributed by atoms with van der Waals surface area (Å²) in [6.45, 7) is 1.82. The highest BCUT2D eigenvalue weighted by Gasteiger charge is 1.98. The second-order valence-electron chi connectivity index (χ2n) is 3.35. The number of imidazole rings is 1. The molecule has 2 rings (SSSR count). The molecule has 0 saturated heterocycles. The van der Waals surface area contributed by atoms with Crippen molar-refractivity contribution in [3.63, 3.8) is 0 Å². The van der Waals surface area contributed by atoms with Gasteiger partial charge in [0.2, 0.25) is 0 Å². The van der Waals surface area contributed by atoms with E-state index in [0.29, 0.717) is 0 Å². The van der Waals surface area contributed by atoms with Crippen molar-refractivity contribution in [3.8, 4) is 0 Å². The van der Waals surface area contributed by atoms with Crippen molar-refractivity contribution < 1.29 is 0 Å². The molecule has 0 spiro atoms. The number of hydrogen-bond acceptors (Lipinski definition) is 4. The molecule has 4 nitrogen and oxygen atoms in total. The number of thiazole rings is 1. The first-order valence-corrected chi connectivity index (χ1v) is 5.78. The molecule has 80 valence electrons. The lowest BCUT2D eigenvalue weighted by molar-refractivity contribution is 0.652. The molecule has 0 aliphatic carbocycles. The van der Waals surface area contributed by atoms with Crippen molar-refractivity contribution in [1.82, 2.24) is 19.9 Å². The van der Waals surface area contributed by atoms with Gasteiger partial charge in [-0.15, -0.1) is 11.3 Å². The van der Waals surface area contributed by atoms with Gasteiger partial charge in [0.05, 0.1) is 17.0 Å². The molecule has 15 heavy (non-hydrogen) atoms. The number of nitrogens with zero attached hydrogens (tertiary/aromatic N) is 3. The van der Waals surface area contributed by atoms with Crippen LogP contribution in [-0.2, 0) is 20.0 Å². The lowest BCUT2D eigenvalue weighted by Gasteiger charge is -2.03. The van der Waals surface area contributed by atoms with Gasteiger partial charge in [-0.3, -0.25) is 0 Å². The number of rotatable bonds is 5. The van der Waals surface area contributed by atoms with Crippen LogP contribution in [0, 0.1) is 0 Å². The third-order valence-corrected chi connectivity index (χ3v) is 3.06. The molecule has 5 heteroatoms. The van der Waals surface area contributed by atoms with Crippen LogP contribution in [-0.4, -0.2) is 21.1 Å². The van der Waals surface area contributed by atoms with Gasteiger partial charge < -0.3 is 9.88 Å². The van der Waals surface area contributed by atoms with E-state index in [1.807, 2.05) is 35.7 Å². The predicted octanol–water partition coefficient (Wildman–Crippen LogP) is 1.21. The number of nitrogens with one attached hydrogen (secondary N) is 1. The summed E-state index contributed by atoms with van der Waals surface area (Å²) in [5.74, 6) is 0. The zero-order valence-electron chi connectivity index (χ0n) is 8.68. The first kappa shape index (κ1) is 10.3. The van der Waals surface area contributed by atoms with Crippen molar-refractivity contribution in [2.75, 3.05) is 6.54 Å². The smallest absolute Gasteiger partial charge is 0.0945 e. The van der Waals surface area contributed by atoms with E-state index in [-0.39, 0.29) is 0 Å². The summed E-state index contributed by atoms with van der Waals surface area (Å²) in [6.07, 6.45) is 6.55. The first-order valence-electron chi connectivity index (χ1n) is 4.90. The fourth-order valence-electron chi connectivity index (χ4n) is 1.34. The molecule has 1 N–H and O–H groups in total. The average Bonchev–Trinajstić information content (AvgIpc) is 2.85. The van der Waals surface area contributed by atoms with Crippen LogP contribution in [0.1, 0.15) is 10.7 Å². The molecule has 0 radical (unpaired) electrons. The second kappa shape index (κ2) is 5.04. The molecule has 2 aromatic heterocycles. The standard InChI is InChI=1S/C10H14N4S/c1-14-8-12-7-9(14)6-11-3-2-10-13-4-5-15-10/h4-5,7-8,11H,2-3,6H2,1H3. The van der Waals surface area contributed by atoms with E-state index in [1.54, 1.807) is 11.3 Å². The van der Waals surface area contributed by atoms with Gasteiger partial charge in [0.1, 0.15) is 0 Å². The summed E-state index contributed by atoms with van der Waals surface area (Å²) >= 11 is 1.71. The minimum absolute atomic E-state index is 0.863. The van der Waals surface area contributed by atoms with Crippen molar-refractivity contribution in [2.45, 2.75) is 13.0 Å². The van der Waals surface area contributed by atoms with Gasteiger partial charge in [-0.05, 0) is 0 Å². The van der Waals surface area contributed by atoms with Crippen LogP contribution in [0.5, 0.6) is 0 Å². The molecule has 0 aromatic carbocycles. The van der Waals surface area contributed by atoms with E-state index >= 15 is 0 Å². The summed E-state index contributed by atoms with van der Waals surface area (Å²) < 4.78 is 2.02. The van der Waals surface area contributed by atoms with Crippen LogP contribution in [0.3, 0.4) is 0 Å². The van der Waals surface area contributed by atoms with Crippen LogP contribution in [0.25, 0.3) is 0 Å². The minimum Gasteiger partial charge on any atom is -0.337 e. The van der Waals surface area contributed by atoms with E-state index < -0.39 is 0 Å². The Morgan fingerprint density at radius 2 is 2.47 bits per heavy atom. The highest BCUT2D eigenvalue weighted by atomic mass is 32.1. The van der Waals surface area contributed by atoms with E-state index in [2.05, 4.69) is 15.3 Å². The van der Waals surface area contributed by atoms with Gasteiger partial charge in [-0.1, -0.05) is 0 Å². The predicted molar refractivity (Wildman–Crippen MR) is 60.7 cm³/mol. The lowest BCUT2D eigenvalue weighted by Crippen LogP contribution is -2.18. The van der Waals surface area contributed by atoms with E-state index in [1.165, 1.54) is 10.7 Å². The maximum Gasteiger partial charge on any atom is 0.0945 e. The van der Waals surface area contributed by atoms with Gasteiger partial charge in [0, 0.05) is 44.3 Å². The molecule has 0 aliphatic rings. The molecule has 2 aromatic rings. The van der Waals surface area contributed by atoms with Gasteiger partial charge in [0.25, 0.3) is 0 Å². The van der Waals surface area contributed by atoms with E-state index in [4.69, 9.17) is 0 Å². The summed E-state index contributed by atoms with van der Waals surface area (Å²) in [5, 5.41) is 6.57. The zero-order valence-corrected chi connectivity index (χ0v) is 9.50. The number of hydrogen-bond donors (Lipinski definition) is 1. The molecule has 0 saturated carbocycles. The molecule has 0 amide bonds. The molecule has 0 aliphatic heterocycles. The van der Waals surface area contributed by atoms with Gasteiger partial charge in [-0.25, -0.2) is 9.97 Å². The maximum atomic E-state index is 4.23. The van der Waals surface area contributed by atoms with Crippen molar-refractivity contribution in [3.05, 3.63) is 34.8 Å². The topological polar surface area (TPSA) is 42.7 Å². The molecule has 0 fully saturated rings. The Labute approximate surface area is 93.0 Å². The molecule has 0 atom stereocenters. The van der Waals surface area contributed by atoms with Gasteiger partial charge in [-0.2, -0.15) is 0 Å². The van der Waals surface area contributed by atoms with Crippen molar-refractivity contribution >= 4 is 11.3 Å². The third kappa shape index (κ3) is 2.87. The molecule has 0 unspecified atom stereocenters. The molecular formula is C10H14N4S. The molecule has 2 heterocycles.